The molecule has 2 aliphatic carbocycles. The van der Waals surface area contributed by atoms with Gasteiger partial charge in [0.2, 0.25) is 0 Å². The predicted molar refractivity (Wildman–Crippen MR) is 78.5 cm³/mol. The fourth-order valence-electron chi connectivity index (χ4n) is 4.53. The van der Waals surface area contributed by atoms with E-state index in [1.165, 1.54) is 6.42 Å². The molecule has 20 heavy (non-hydrogen) atoms. The molecule has 2 saturated carbocycles. The number of allylic oxidation sites excluding steroid dienone is 1. The van der Waals surface area contributed by atoms with E-state index in [1.807, 2.05) is 13.0 Å². The van der Waals surface area contributed by atoms with Crippen molar-refractivity contribution in [3.8, 4) is 0 Å². The topological polar surface area (TPSA) is 41.9 Å². The highest BCUT2D eigenvalue weighted by molar-refractivity contribution is 5.84. The molecule has 0 aromatic heterocycles. The van der Waals surface area contributed by atoms with Gasteiger partial charge < -0.3 is 4.74 Å². The van der Waals surface area contributed by atoms with Crippen molar-refractivity contribution in [1.82, 2.24) is 5.01 Å². The van der Waals surface area contributed by atoms with Gasteiger partial charge in [-0.2, -0.15) is 10.1 Å². The quantitative estimate of drug-likeness (QED) is 0.580. The summed E-state index contributed by atoms with van der Waals surface area (Å²) in [5.41, 5.74) is 0.846. The second-order valence-corrected chi connectivity index (χ2v) is 6.96. The Morgan fingerprint density at radius 3 is 3.00 bits per heavy atom. The Kier molecular flexibility index (Phi) is 2.96. The van der Waals surface area contributed by atoms with Crippen molar-refractivity contribution in [2.24, 2.45) is 16.4 Å². The molecule has 0 unspecified atom stereocenters. The van der Waals surface area contributed by atoms with E-state index in [0.29, 0.717) is 5.92 Å². The number of hydrogen-bond acceptors (Lipinski definition) is 3. The molecule has 3 atom stereocenters. The van der Waals surface area contributed by atoms with Crippen molar-refractivity contribution >= 4 is 11.8 Å². The summed E-state index contributed by atoms with van der Waals surface area (Å²) < 4.78 is 5.62. The molecule has 2 bridgehead atoms. The van der Waals surface area contributed by atoms with Gasteiger partial charge >= 0.3 is 6.09 Å². The van der Waals surface area contributed by atoms with Gasteiger partial charge in [0.05, 0.1) is 0 Å². The van der Waals surface area contributed by atoms with Gasteiger partial charge in [0.15, 0.2) is 0 Å². The average Bonchev–Trinajstić information content (AvgIpc) is 2.90. The summed E-state index contributed by atoms with van der Waals surface area (Å²) in [5, 5.41) is 6.31. The first-order valence-electron chi connectivity index (χ1n) is 7.59. The van der Waals surface area contributed by atoms with Crippen LogP contribution in [0.4, 0.5) is 4.79 Å². The van der Waals surface area contributed by atoms with Gasteiger partial charge in [0, 0.05) is 5.71 Å². The lowest BCUT2D eigenvalue weighted by Crippen LogP contribution is -2.53. The number of nitrogens with zero attached hydrogens (tertiary/aromatic N) is 2. The second kappa shape index (κ2) is 4.34. The first-order chi connectivity index (χ1) is 9.43. The minimum absolute atomic E-state index is 0.0275. The fraction of sp³-hybridized carbons (Fsp3) is 0.750. The SMILES string of the molecule is C=CCC/C(C)=N/N1C(=O)O[C@@H]2C[C@H]3CC[C@@]21C3(C)C. The standard InChI is InChI=1S/C16H24N2O2/c1-5-6-7-11(2)17-18-14(19)20-13-10-12-8-9-16(13,18)15(12,3)4/h5,12-13H,1,6-10H2,2-4H3/b17-11+/t12-,13-,16+/m1/s1. The van der Waals surface area contributed by atoms with E-state index in [-0.39, 0.29) is 23.2 Å². The third-order valence-corrected chi connectivity index (χ3v) is 5.82. The van der Waals surface area contributed by atoms with E-state index in [2.05, 4.69) is 25.5 Å². The minimum atomic E-state index is -0.263. The largest absolute Gasteiger partial charge is 0.442 e. The monoisotopic (exact) mass is 276 g/mol. The van der Waals surface area contributed by atoms with Crippen LogP contribution in [-0.2, 0) is 4.74 Å². The van der Waals surface area contributed by atoms with Crippen LogP contribution in [0.2, 0.25) is 0 Å². The number of amides is 1. The van der Waals surface area contributed by atoms with Crippen molar-refractivity contribution in [2.45, 2.75) is 64.5 Å². The maximum Gasteiger partial charge on any atom is 0.431 e. The van der Waals surface area contributed by atoms with Crippen molar-refractivity contribution < 1.29 is 9.53 Å². The molecule has 1 heterocycles. The zero-order chi connectivity index (χ0) is 14.5. The first-order valence-corrected chi connectivity index (χ1v) is 7.59. The zero-order valence-electron chi connectivity index (χ0n) is 12.7. The molecule has 3 fully saturated rings. The van der Waals surface area contributed by atoms with Crippen LogP contribution in [0.15, 0.2) is 17.8 Å². The molecule has 1 aliphatic heterocycles. The summed E-state index contributed by atoms with van der Waals surface area (Å²) in [6.07, 6.45) is 6.57. The van der Waals surface area contributed by atoms with Crippen LogP contribution < -0.4 is 0 Å². The van der Waals surface area contributed by atoms with Crippen LogP contribution in [0, 0.1) is 11.3 Å². The van der Waals surface area contributed by atoms with Crippen LogP contribution in [0.3, 0.4) is 0 Å². The Bertz CT molecular complexity index is 483. The van der Waals surface area contributed by atoms with E-state index in [1.54, 1.807) is 5.01 Å². The number of fused-ring (bicyclic) bond motifs is 1. The molecule has 0 aromatic carbocycles. The van der Waals surface area contributed by atoms with Gasteiger partial charge in [-0.25, -0.2) is 4.79 Å². The molecule has 0 aromatic rings. The third kappa shape index (κ3) is 1.54. The van der Waals surface area contributed by atoms with Crippen LogP contribution in [0.25, 0.3) is 0 Å². The summed E-state index contributed by atoms with van der Waals surface area (Å²) in [6.45, 7) is 10.3. The molecule has 4 heteroatoms. The van der Waals surface area contributed by atoms with Gasteiger partial charge in [0.1, 0.15) is 11.6 Å². The van der Waals surface area contributed by atoms with E-state index in [9.17, 15) is 4.79 Å². The molecule has 1 saturated heterocycles. The van der Waals surface area contributed by atoms with E-state index in [0.717, 1.165) is 31.4 Å². The van der Waals surface area contributed by atoms with Crippen LogP contribution in [0.5, 0.6) is 0 Å². The van der Waals surface area contributed by atoms with E-state index in [4.69, 9.17) is 4.74 Å². The molecule has 110 valence electrons. The average molecular weight is 276 g/mol. The van der Waals surface area contributed by atoms with Crippen molar-refractivity contribution in [3.05, 3.63) is 12.7 Å². The first kappa shape index (κ1) is 13.7. The Morgan fingerprint density at radius 2 is 2.35 bits per heavy atom. The normalized spacial score (nSPS) is 38.0. The number of carbonyl (C=O) groups excluding carboxylic acids is 1. The number of carbonyl (C=O) groups is 1. The number of rotatable bonds is 4. The maximum absolute atomic E-state index is 12.2. The van der Waals surface area contributed by atoms with Crippen LogP contribution in [-0.4, -0.2) is 28.5 Å². The van der Waals surface area contributed by atoms with Gasteiger partial charge in [-0.15, -0.1) is 6.58 Å². The fourth-order valence-corrected chi connectivity index (χ4v) is 4.53. The Hall–Kier alpha value is -1.32. The Labute approximate surface area is 120 Å². The van der Waals surface area contributed by atoms with Crippen LogP contribution in [0.1, 0.15) is 52.9 Å². The molecule has 1 spiro atoms. The molecule has 3 aliphatic rings. The highest BCUT2D eigenvalue weighted by Gasteiger charge is 2.73. The second-order valence-electron chi connectivity index (χ2n) is 6.96. The Morgan fingerprint density at radius 1 is 1.60 bits per heavy atom. The zero-order valence-corrected chi connectivity index (χ0v) is 12.7. The lowest BCUT2D eigenvalue weighted by Gasteiger charge is -2.39. The number of hydrazone groups is 1. The summed E-state index contributed by atoms with van der Waals surface area (Å²) in [7, 11) is 0. The molecule has 0 N–H and O–H groups in total. The van der Waals surface area contributed by atoms with Gasteiger partial charge in [-0.3, -0.25) is 0 Å². The lowest BCUT2D eigenvalue weighted by molar-refractivity contribution is 0.0569. The molecular formula is C16H24N2O2. The van der Waals surface area contributed by atoms with Crippen molar-refractivity contribution in [3.63, 3.8) is 0 Å². The van der Waals surface area contributed by atoms with E-state index < -0.39 is 0 Å². The molecule has 4 nitrogen and oxygen atoms in total. The molecule has 1 amide bonds. The smallest absolute Gasteiger partial charge is 0.431 e. The molecule has 0 radical (unpaired) electrons. The summed E-state index contributed by atoms with van der Waals surface area (Å²) in [4.78, 5) is 12.2. The highest BCUT2D eigenvalue weighted by atomic mass is 16.6. The summed E-state index contributed by atoms with van der Waals surface area (Å²) in [5.74, 6) is 0.645. The minimum Gasteiger partial charge on any atom is -0.442 e. The van der Waals surface area contributed by atoms with Gasteiger partial charge in [0.25, 0.3) is 0 Å². The Balaban J connectivity index is 1.94. The van der Waals surface area contributed by atoms with Crippen molar-refractivity contribution in [2.75, 3.05) is 0 Å². The highest BCUT2D eigenvalue weighted by Crippen LogP contribution is 2.65. The van der Waals surface area contributed by atoms with E-state index >= 15 is 0 Å². The summed E-state index contributed by atoms with van der Waals surface area (Å²) >= 11 is 0. The summed E-state index contributed by atoms with van der Waals surface area (Å²) in [6, 6.07) is 0. The van der Waals surface area contributed by atoms with Gasteiger partial charge in [-0.05, 0) is 50.4 Å². The molecule has 3 rings (SSSR count). The molecular weight excluding hydrogens is 252 g/mol. The lowest BCUT2D eigenvalue weighted by atomic mass is 9.75. The number of ether oxygens (including phenoxy) is 1. The third-order valence-electron chi connectivity index (χ3n) is 5.82. The number of hydrogen-bond donors (Lipinski definition) is 0. The predicted octanol–water partition coefficient (Wildman–Crippen LogP) is 3.73. The van der Waals surface area contributed by atoms with Gasteiger partial charge in [-0.1, -0.05) is 19.9 Å². The maximum atomic E-state index is 12.2. The van der Waals surface area contributed by atoms with Crippen molar-refractivity contribution in [1.29, 1.82) is 0 Å². The van der Waals surface area contributed by atoms with Crippen LogP contribution >= 0.6 is 0 Å².